The molecule has 2 aliphatic heterocycles. The second kappa shape index (κ2) is 5.28. The van der Waals surface area contributed by atoms with Crippen LogP contribution in [0.4, 0.5) is 0 Å². The summed E-state index contributed by atoms with van der Waals surface area (Å²) in [6.07, 6.45) is 1.33. The molecule has 0 aromatic carbocycles. The zero-order valence-corrected chi connectivity index (χ0v) is 11.3. The zero-order valence-electron chi connectivity index (χ0n) is 11.3. The van der Waals surface area contributed by atoms with Gasteiger partial charge in [-0.3, -0.25) is 24.2 Å². The minimum atomic E-state index is -0.766. The number of carbonyl (C=O) groups excluding carboxylic acids is 2. The molecule has 0 bridgehead atoms. The highest BCUT2D eigenvalue weighted by atomic mass is 16.4. The van der Waals surface area contributed by atoms with Crippen LogP contribution in [-0.4, -0.2) is 57.9 Å². The number of carboxylic acids is 1. The largest absolute Gasteiger partial charge is 0.481 e. The number of hydrogen-bond acceptors (Lipinski definition) is 4. The van der Waals surface area contributed by atoms with Crippen LogP contribution in [0.15, 0.2) is 0 Å². The van der Waals surface area contributed by atoms with Crippen molar-refractivity contribution >= 4 is 17.8 Å². The summed E-state index contributed by atoms with van der Waals surface area (Å²) in [4.78, 5) is 38.2. The Balaban J connectivity index is 1.99. The van der Waals surface area contributed by atoms with Gasteiger partial charge >= 0.3 is 5.97 Å². The molecule has 1 unspecified atom stereocenters. The summed E-state index contributed by atoms with van der Waals surface area (Å²) in [6.45, 7) is 4.81. The Hall–Kier alpha value is -1.43. The molecule has 2 heterocycles. The van der Waals surface area contributed by atoms with Crippen molar-refractivity contribution in [1.29, 1.82) is 0 Å². The van der Waals surface area contributed by atoms with Crippen molar-refractivity contribution in [3.63, 3.8) is 0 Å². The molecular formula is C13H20N2O4. The standard InChI is InChI=1S/C13H20N2O4/c1-8(2)15-11(16)7-10(12(15)17)14-5-3-9(4-6-14)13(18)19/h8-10H,3-7H2,1-2H3,(H,18,19). The fraction of sp³-hybridized carbons (Fsp3) is 0.769. The van der Waals surface area contributed by atoms with Gasteiger partial charge in [0.05, 0.1) is 18.4 Å². The van der Waals surface area contributed by atoms with Crippen molar-refractivity contribution in [3.8, 4) is 0 Å². The Bertz CT molecular complexity index is 399. The summed E-state index contributed by atoms with van der Waals surface area (Å²) in [5.41, 5.74) is 0. The van der Waals surface area contributed by atoms with Crippen LogP contribution in [0.5, 0.6) is 0 Å². The van der Waals surface area contributed by atoms with E-state index in [9.17, 15) is 14.4 Å². The fourth-order valence-corrected chi connectivity index (χ4v) is 2.92. The Morgan fingerprint density at radius 3 is 2.26 bits per heavy atom. The third-order valence-corrected chi connectivity index (χ3v) is 4.00. The molecule has 0 radical (unpaired) electrons. The van der Waals surface area contributed by atoms with Gasteiger partial charge in [-0.05, 0) is 39.8 Å². The summed E-state index contributed by atoms with van der Waals surface area (Å²) in [5.74, 6) is -1.33. The first-order valence-corrected chi connectivity index (χ1v) is 6.74. The van der Waals surface area contributed by atoms with E-state index in [1.54, 1.807) is 0 Å². The average molecular weight is 268 g/mol. The van der Waals surface area contributed by atoms with Crippen molar-refractivity contribution in [2.45, 2.75) is 45.2 Å². The highest BCUT2D eigenvalue weighted by molar-refractivity contribution is 6.05. The predicted octanol–water partition coefficient (Wildman–Crippen LogP) is 0.319. The van der Waals surface area contributed by atoms with E-state index >= 15 is 0 Å². The number of carboxylic acid groups (broad SMARTS) is 1. The number of imide groups is 1. The lowest BCUT2D eigenvalue weighted by atomic mass is 9.96. The van der Waals surface area contributed by atoms with Crippen LogP contribution < -0.4 is 0 Å². The van der Waals surface area contributed by atoms with Gasteiger partial charge in [-0.2, -0.15) is 0 Å². The zero-order chi connectivity index (χ0) is 14.2. The summed E-state index contributed by atoms with van der Waals surface area (Å²) in [7, 11) is 0. The third kappa shape index (κ3) is 2.63. The van der Waals surface area contributed by atoms with E-state index in [0.29, 0.717) is 25.9 Å². The van der Waals surface area contributed by atoms with Crippen LogP contribution >= 0.6 is 0 Å². The molecule has 2 aliphatic rings. The minimum absolute atomic E-state index is 0.110. The number of nitrogens with zero attached hydrogens (tertiary/aromatic N) is 2. The lowest BCUT2D eigenvalue weighted by molar-refractivity contribution is -0.143. The van der Waals surface area contributed by atoms with Crippen molar-refractivity contribution < 1.29 is 19.5 Å². The number of piperidine rings is 1. The molecular weight excluding hydrogens is 248 g/mol. The fourth-order valence-electron chi connectivity index (χ4n) is 2.92. The van der Waals surface area contributed by atoms with Crippen molar-refractivity contribution in [3.05, 3.63) is 0 Å². The van der Waals surface area contributed by atoms with Gasteiger partial charge in [0.15, 0.2) is 0 Å². The highest BCUT2D eigenvalue weighted by Crippen LogP contribution is 2.26. The minimum Gasteiger partial charge on any atom is -0.481 e. The number of amides is 2. The first-order valence-electron chi connectivity index (χ1n) is 6.74. The van der Waals surface area contributed by atoms with E-state index in [-0.39, 0.29) is 36.2 Å². The smallest absolute Gasteiger partial charge is 0.306 e. The van der Waals surface area contributed by atoms with E-state index in [4.69, 9.17) is 5.11 Å². The van der Waals surface area contributed by atoms with Gasteiger partial charge in [0.2, 0.25) is 11.8 Å². The second-order valence-electron chi connectivity index (χ2n) is 5.56. The van der Waals surface area contributed by atoms with Gasteiger partial charge < -0.3 is 5.11 Å². The van der Waals surface area contributed by atoms with Gasteiger partial charge in [0.1, 0.15) is 0 Å². The average Bonchev–Trinajstić information content (AvgIpc) is 2.65. The highest BCUT2D eigenvalue weighted by Gasteiger charge is 2.43. The normalized spacial score (nSPS) is 26.5. The molecule has 0 aromatic rings. The molecule has 2 amide bonds. The lowest BCUT2D eigenvalue weighted by Crippen LogP contribution is -2.47. The second-order valence-corrected chi connectivity index (χ2v) is 5.56. The summed E-state index contributed by atoms with van der Waals surface area (Å²) >= 11 is 0. The quantitative estimate of drug-likeness (QED) is 0.746. The first-order chi connectivity index (χ1) is 8.91. The molecule has 19 heavy (non-hydrogen) atoms. The monoisotopic (exact) mass is 268 g/mol. The lowest BCUT2D eigenvalue weighted by Gasteiger charge is -2.33. The van der Waals surface area contributed by atoms with E-state index in [1.165, 1.54) is 4.90 Å². The van der Waals surface area contributed by atoms with Crippen molar-refractivity contribution in [2.75, 3.05) is 13.1 Å². The van der Waals surface area contributed by atoms with E-state index in [2.05, 4.69) is 0 Å². The van der Waals surface area contributed by atoms with Crippen LogP contribution in [0, 0.1) is 5.92 Å². The van der Waals surface area contributed by atoms with Crippen LogP contribution in [0.25, 0.3) is 0 Å². The molecule has 1 N–H and O–H groups in total. The topological polar surface area (TPSA) is 77.9 Å². The van der Waals surface area contributed by atoms with Crippen molar-refractivity contribution in [2.24, 2.45) is 5.92 Å². The summed E-state index contributed by atoms with van der Waals surface area (Å²) < 4.78 is 0. The number of rotatable bonds is 3. The summed E-state index contributed by atoms with van der Waals surface area (Å²) in [6, 6.07) is -0.494. The third-order valence-electron chi connectivity index (χ3n) is 4.00. The molecule has 2 saturated heterocycles. The van der Waals surface area contributed by atoms with Crippen molar-refractivity contribution in [1.82, 2.24) is 9.80 Å². The Morgan fingerprint density at radius 1 is 1.26 bits per heavy atom. The van der Waals surface area contributed by atoms with Gasteiger partial charge in [0, 0.05) is 6.04 Å². The maximum Gasteiger partial charge on any atom is 0.306 e. The Morgan fingerprint density at radius 2 is 1.84 bits per heavy atom. The summed E-state index contributed by atoms with van der Waals surface area (Å²) in [5, 5.41) is 8.95. The molecule has 6 nitrogen and oxygen atoms in total. The molecule has 0 aliphatic carbocycles. The van der Waals surface area contributed by atoms with Gasteiger partial charge in [0.25, 0.3) is 0 Å². The molecule has 106 valence electrons. The molecule has 6 heteroatoms. The van der Waals surface area contributed by atoms with E-state index in [0.717, 1.165) is 0 Å². The van der Waals surface area contributed by atoms with E-state index < -0.39 is 5.97 Å². The van der Waals surface area contributed by atoms with Crippen LogP contribution in [0.1, 0.15) is 33.1 Å². The SMILES string of the molecule is CC(C)N1C(=O)CC(N2CCC(C(=O)O)CC2)C1=O. The Kier molecular flexibility index (Phi) is 3.89. The molecule has 0 aromatic heterocycles. The number of aliphatic carboxylic acids is 1. The first kappa shape index (κ1) is 14.0. The maximum atomic E-state index is 12.2. The van der Waals surface area contributed by atoms with Gasteiger partial charge in [-0.15, -0.1) is 0 Å². The number of carbonyl (C=O) groups is 3. The molecule has 2 rings (SSSR count). The predicted molar refractivity (Wildman–Crippen MR) is 67.3 cm³/mol. The van der Waals surface area contributed by atoms with E-state index in [1.807, 2.05) is 18.7 Å². The molecule has 0 saturated carbocycles. The Labute approximate surface area is 112 Å². The van der Waals surface area contributed by atoms with Crippen LogP contribution in [0.3, 0.4) is 0 Å². The van der Waals surface area contributed by atoms with Crippen LogP contribution in [-0.2, 0) is 14.4 Å². The molecule has 0 spiro atoms. The number of hydrogen-bond donors (Lipinski definition) is 1. The van der Waals surface area contributed by atoms with Crippen LogP contribution in [0.2, 0.25) is 0 Å². The van der Waals surface area contributed by atoms with Gasteiger partial charge in [-0.1, -0.05) is 0 Å². The maximum absolute atomic E-state index is 12.2. The molecule has 1 atom stereocenters. The number of likely N-dealkylation sites (tertiary alicyclic amines) is 2. The molecule has 2 fully saturated rings. The van der Waals surface area contributed by atoms with Gasteiger partial charge in [-0.25, -0.2) is 0 Å².